The molecule has 1 heterocycles. The minimum Gasteiger partial charge on any atom is -0.476 e. The van der Waals surface area contributed by atoms with Gasteiger partial charge in [-0.1, -0.05) is 15.9 Å². The van der Waals surface area contributed by atoms with Crippen LogP contribution >= 0.6 is 15.9 Å². The lowest BCUT2D eigenvalue weighted by Crippen LogP contribution is -2.06. The Balaban J connectivity index is 3.34. The monoisotopic (exact) mass is 251 g/mol. The van der Waals surface area contributed by atoms with E-state index in [0.717, 1.165) is 6.20 Å². The average molecular weight is 252 g/mol. The highest BCUT2D eigenvalue weighted by molar-refractivity contribution is 9.10. The normalized spacial score (nSPS) is 10.5. The van der Waals surface area contributed by atoms with E-state index < -0.39 is 23.7 Å². The first-order valence-corrected chi connectivity index (χ1v) is 3.99. The van der Waals surface area contributed by atoms with Crippen LogP contribution in [0, 0.1) is 0 Å². The van der Waals surface area contributed by atoms with Gasteiger partial charge in [-0.05, 0) is 6.07 Å². The maximum absolute atomic E-state index is 12.3. The molecule has 70 valence electrons. The number of carboxylic acids is 1. The number of carboxylic acid groups (broad SMARTS) is 1. The summed E-state index contributed by atoms with van der Waals surface area (Å²) >= 11 is 2.83. The Morgan fingerprint density at radius 2 is 2.23 bits per heavy atom. The van der Waals surface area contributed by atoms with Gasteiger partial charge in [-0.15, -0.1) is 0 Å². The van der Waals surface area contributed by atoms with Gasteiger partial charge in [-0.2, -0.15) is 0 Å². The van der Waals surface area contributed by atoms with Gasteiger partial charge in [-0.3, -0.25) is 0 Å². The van der Waals surface area contributed by atoms with Gasteiger partial charge in [0.05, 0.1) is 5.56 Å². The molecule has 0 saturated heterocycles. The number of hydrogen-bond acceptors (Lipinski definition) is 2. The summed E-state index contributed by atoms with van der Waals surface area (Å²) < 4.78 is 24.7. The molecule has 1 aromatic rings. The first-order chi connectivity index (χ1) is 6.04. The standard InChI is InChI=1S/C7H4BrF2NO2/c8-3-1-2-11-5(7(12)13)4(3)6(9)10/h1-2,6H,(H,12,13). The number of aromatic nitrogens is 1. The number of aromatic carboxylic acids is 1. The van der Waals surface area contributed by atoms with E-state index in [1.54, 1.807) is 0 Å². The average Bonchev–Trinajstić information content (AvgIpc) is 2.02. The summed E-state index contributed by atoms with van der Waals surface area (Å²) in [6.07, 6.45) is -1.70. The fraction of sp³-hybridized carbons (Fsp3) is 0.143. The third-order valence-corrected chi connectivity index (χ3v) is 2.05. The van der Waals surface area contributed by atoms with Crippen molar-refractivity contribution in [2.24, 2.45) is 0 Å². The summed E-state index contributed by atoms with van der Waals surface area (Å²) in [4.78, 5) is 13.8. The third-order valence-electron chi connectivity index (χ3n) is 1.36. The highest BCUT2D eigenvalue weighted by Gasteiger charge is 2.21. The Morgan fingerprint density at radius 1 is 1.62 bits per heavy atom. The van der Waals surface area contributed by atoms with Gasteiger partial charge in [0.15, 0.2) is 5.69 Å². The predicted octanol–water partition coefficient (Wildman–Crippen LogP) is 2.48. The smallest absolute Gasteiger partial charge is 0.355 e. The highest BCUT2D eigenvalue weighted by Crippen LogP contribution is 2.29. The molecule has 0 bridgehead atoms. The lowest BCUT2D eigenvalue weighted by molar-refractivity contribution is 0.0676. The zero-order chi connectivity index (χ0) is 10.0. The number of carbonyl (C=O) groups is 1. The number of nitrogens with zero attached hydrogens (tertiary/aromatic N) is 1. The van der Waals surface area contributed by atoms with Crippen molar-refractivity contribution in [3.63, 3.8) is 0 Å². The summed E-state index contributed by atoms with van der Waals surface area (Å²) in [5.41, 5.74) is -1.21. The van der Waals surface area contributed by atoms with E-state index in [1.807, 2.05) is 0 Å². The molecule has 0 aromatic carbocycles. The molecule has 0 aliphatic carbocycles. The van der Waals surface area contributed by atoms with Crippen LogP contribution in [0.15, 0.2) is 16.7 Å². The molecule has 0 amide bonds. The van der Waals surface area contributed by atoms with Crippen molar-refractivity contribution in [2.45, 2.75) is 6.43 Å². The number of pyridine rings is 1. The van der Waals surface area contributed by atoms with Crippen molar-refractivity contribution in [1.29, 1.82) is 0 Å². The maximum atomic E-state index is 12.3. The molecule has 1 N–H and O–H groups in total. The molecule has 3 nitrogen and oxygen atoms in total. The first-order valence-electron chi connectivity index (χ1n) is 3.20. The maximum Gasteiger partial charge on any atom is 0.355 e. The lowest BCUT2D eigenvalue weighted by atomic mass is 10.2. The SMILES string of the molecule is O=C(O)c1nccc(Br)c1C(F)F. The molecule has 6 heteroatoms. The third kappa shape index (κ3) is 2.00. The van der Waals surface area contributed by atoms with Crippen molar-refractivity contribution in [1.82, 2.24) is 4.98 Å². The Labute approximate surface area is 80.5 Å². The van der Waals surface area contributed by atoms with E-state index in [1.165, 1.54) is 6.07 Å². The van der Waals surface area contributed by atoms with Gasteiger partial charge in [0.1, 0.15) is 0 Å². The second kappa shape index (κ2) is 3.78. The van der Waals surface area contributed by atoms with Crippen LogP contribution < -0.4 is 0 Å². The molecule has 1 aromatic heterocycles. The minimum absolute atomic E-state index is 0.0508. The summed E-state index contributed by atoms with van der Waals surface area (Å²) in [5.74, 6) is -1.46. The zero-order valence-corrected chi connectivity index (χ0v) is 7.75. The van der Waals surface area contributed by atoms with Gasteiger partial charge >= 0.3 is 5.97 Å². The van der Waals surface area contributed by atoms with Crippen molar-refractivity contribution >= 4 is 21.9 Å². The topological polar surface area (TPSA) is 50.2 Å². The molecule has 0 atom stereocenters. The van der Waals surface area contributed by atoms with Crippen LogP contribution in [0.3, 0.4) is 0 Å². The summed E-state index contributed by atoms with van der Waals surface area (Å²) in [7, 11) is 0. The van der Waals surface area contributed by atoms with Crippen molar-refractivity contribution in [3.8, 4) is 0 Å². The molecular formula is C7H4BrF2NO2. The molecule has 0 aliphatic rings. The van der Waals surface area contributed by atoms with Gasteiger partial charge in [0.2, 0.25) is 0 Å². The molecule has 0 fully saturated rings. The van der Waals surface area contributed by atoms with Crippen LogP contribution in [0.1, 0.15) is 22.5 Å². The summed E-state index contributed by atoms with van der Waals surface area (Å²) in [5, 5.41) is 8.52. The molecule has 0 radical (unpaired) electrons. The van der Waals surface area contributed by atoms with Crippen LogP contribution in [0.2, 0.25) is 0 Å². The molecule has 0 aliphatic heterocycles. The Bertz CT molecular complexity index is 343. The minimum atomic E-state index is -2.85. The fourth-order valence-electron chi connectivity index (χ4n) is 0.828. The number of hydrogen-bond donors (Lipinski definition) is 1. The second-order valence-corrected chi connectivity index (χ2v) is 3.02. The van der Waals surface area contributed by atoms with Crippen LogP contribution in [0.4, 0.5) is 8.78 Å². The van der Waals surface area contributed by atoms with Crippen LogP contribution in [-0.2, 0) is 0 Å². The first kappa shape index (κ1) is 10.0. The number of rotatable bonds is 2. The molecule has 13 heavy (non-hydrogen) atoms. The zero-order valence-electron chi connectivity index (χ0n) is 6.17. The van der Waals surface area contributed by atoms with E-state index in [2.05, 4.69) is 20.9 Å². The number of alkyl halides is 2. The van der Waals surface area contributed by atoms with Crippen molar-refractivity contribution < 1.29 is 18.7 Å². The van der Waals surface area contributed by atoms with Crippen molar-refractivity contribution in [2.75, 3.05) is 0 Å². The quantitative estimate of drug-likeness (QED) is 0.879. The largest absolute Gasteiger partial charge is 0.476 e. The van der Waals surface area contributed by atoms with E-state index >= 15 is 0 Å². The van der Waals surface area contributed by atoms with Crippen LogP contribution in [0.5, 0.6) is 0 Å². The molecule has 0 spiro atoms. The van der Waals surface area contributed by atoms with Crippen LogP contribution in [0.25, 0.3) is 0 Å². The van der Waals surface area contributed by atoms with E-state index in [4.69, 9.17) is 5.11 Å². The second-order valence-electron chi connectivity index (χ2n) is 2.16. The van der Waals surface area contributed by atoms with E-state index in [9.17, 15) is 13.6 Å². The predicted molar refractivity (Wildman–Crippen MR) is 43.9 cm³/mol. The Kier molecular flexibility index (Phi) is 2.92. The Morgan fingerprint density at radius 3 is 2.62 bits per heavy atom. The van der Waals surface area contributed by atoms with Gasteiger partial charge in [0, 0.05) is 10.7 Å². The lowest BCUT2D eigenvalue weighted by Gasteiger charge is -2.05. The fourth-order valence-corrected chi connectivity index (χ4v) is 1.31. The van der Waals surface area contributed by atoms with E-state index in [-0.39, 0.29) is 4.47 Å². The Hall–Kier alpha value is -1.04. The van der Waals surface area contributed by atoms with Gasteiger partial charge in [0.25, 0.3) is 6.43 Å². The van der Waals surface area contributed by atoms with Crippen molar-refractivity contribution in [3.05, 3.63) is 28.0 Å². The summed E-state index contributed by atoms with van der Waals surface area (Å²) in [6.45, 7) is 0. The van der Waals surface area contributed by atoms with Gasteiger partial charge in [-0.25, -0.2) is 18.6 Å². The molecule has 1 rings (SSSR count). The van der Waals surface area contributed by atoms with Crippen LogP contribution in [-0.4, -0.2) is 16.1 Å². The summed E-state index contributed by atoms with van der Waals surface area (Å²) in [6, 6.07) is 1.27. The molecule has 0 unspecified atom stereocenters. The van der Waals surface area contributed by atoms with Gasteiger partial charge < -0.3 is 5.11 Å². The molecular weight excluding hydrogens is 248 g/mol. The highest BCUT2D eigenvalue weighted by atomic mass is 79.9. The molecule has 0 saturated carbocycles. The number of halogens is 3. The van der Waals surface area contributed by atoms with E-state index in [0.29, 0.717) is 0 Å².